The normalized spacial score (nSPS) is 18.2. The summed E-state index contributed by atoms with van der Waals surface area (Å²) < 4.78 is 6.32. The molecule has 0 bridgehead atoms. The average molecular weight is 317 g/mol. The van der Waals surface area contributed by atoms with E-state index in [2.05, 4.69) is 20.5 Å². The molecule has 0 unspecified atom stereocenters. The number of ether oxygens (including phenoxy) is 1. The SMILES string of the molecule is COC(=O)[C@H](C)NC(=O)C1(n2cccn2)CCNCC1.Cl. The fourth-order valence-corrected chi connectivity index (χ4v) is 2.49. The smallest absolute Gasteiger partial charge is 0.328 e. The number of hydrogen-bond donors (Lipinski definition) is 2. The zero-order valence-corrected chi connectivity index (χ0v) is 13.0. The van der Waals surface area contributed by atoms with Crippen LogP contribution >= 0.6 is 12.4 Å². The van der Waals surface area contributed by atoms with Crippen LogP contribution in [0.3, 0.4) is 0 Å². The number of carbonyl (C=O) groups is 2. The van der Waals surface area contributed by atoms with Gasteiger partial charge in [-0.15, -0.1) is 12.4 Å². The molecule has 0 aromatic carbocycles. The summed E-state index contributed by atoms with van der Waals surface area (Å²) in [5.74, 6) is -0.650. The summed E-state index contributed by atoms with van der Waals surface area (Å²) in [5.41, 5.74) is -0.739. The highest BCUT2D eigenvalue weighted by Crippen LogP contribution is 2.27. The third-order valence-corrected chi connectivity index (χ3v) is 3.70. The molecule has 118 valence electrons. The summed E-state index contributed by atoms with van der Waals surface area (Å²) in [5, 5.41) is 10.2. The molecule has 1 fully saturated rings. The maximum atomic E-state index is 12.6. The second-order valence-electron chi connectivity index (χ2n) is 4.95. The van der Waals surface area contributed by atoms with Gasteiger partial charge in [0.25, 0.3) is 0 Å². The van der Waals surface area contributed by atoms with Crippen LogP contribution in [0.2, 0.25) is 0 Å². The Morgan fingerprint density at radius 3 is 2.62 bits per heavy atom. The van der Waals surface area contributed by atoms with Crippen LogP contribution in [0.1, 0.15) is 19.8 Å². The van der Waals surface area contributed by atoms with Crippen molar-refractivity contribution in [3.63, 3.8) is 0 Å². The number of nitrogens with one attached hydrogen (secondary N) is 2. The number of amides is 1. The molecule has 8 heteroatoms. The molecule has 0 saturated carbocycles. The molecule has 2 rings (SSSR count). The largest absolute Gasteiger partial charge is 0.467 e. The van der Waals surface area contributed by atoms with Gasteiger partial charge in [-0.25, -0.2) is 4.79 Å². The highest BCUT2D eigenvalue weighted by atomic mass is 35.5. The van der Waals surface area contributed by atoms with Crippen LogP contribution in [0.15, 0.2) is 18.5 Å². The van der Waals surface area contributed by atoms with Gasteiger partial charge in [-0.1, -0.05) is 0 Å². The maximum absolute atomic E-state index is 12.6. The van der Waals surface area contributed by atoms with E-state index in [4.69, 9.17) is 0 Å². The molecule has 0 aliphatic carbocycles. The van der Waals surface area contributed by atoms with Gasteiger partial charge >= 0.3 is 5.97 Å². The minimum absolute atomic E-state index is 0. The number of esters is 1. The molecule has 0 radical (unpaired) electrons. The summed E-state index contributed by atoms with van der Waals surface area (Å²) in [6.07, 6.45) is 4.71. The Balaban J connectivity index is 0.00000220. The Labute approximate surface area is 129 Å². The van der Waals surface area contributed by atoms with Crippen molar-refractivity contribution in [3.05, 3.63) is 18.5 Å². The summed E-state index contributed by atoms with van der Waals surface area (Å²) in [6, 6.07) is 1.12. The molecule has 2 heterocycles. The fourth-order valence-electron chi connectivity index (χ4n) is 2.49. The number of halogens is 1. The highest BCUT2D eigenvalue weighted by molar-refractivity contribution is 5.89. The van der Waals surface area contributed by atoms with Crippen molar-refractivity contribution in [2.75, 3.05) is 20.2 Å². The minimum Gasteiger partial charge on any atom is -0.467 e. The number of rotatable bonds is 4. The van der Waals surface area contributed by atoms with E-state index < -0.39 is 17.6 Å². The lowest BCUT2D eigenvalue weighted by molar-refractivity contribution is -0.146. The Bertz CT molecular complexity index is 472. The third-order valence-electron chi connectivity index (χ3n) is 3.70. The van der Waals surface area contributed by atoms with E-state index in [1.165, 1.54) is 7.11 Å². The zero-order valence-electron chi connectivity index (χ0n) is 12.2. The first-order valence-corrected chi connectivity index (χ1v) is 6.70. The van der Waals surface area contributed by atoms with E-state index >= 15 is 0 Å². The third kappa shape index (κ3) is 3.54. The van der Waals surface area contributed by atoms with Gasteiger partial charge in [0.15, 0.2) is 0 Å². The Hall–Kier alpha value is -1.60. The zero-order chi connectivity index (χ0) is 14.6. The topological polar surface area (TPSA) is 85.2 Å². The molecule has 7 nitrogen and oxygen atoms in total. The molecule has 1 aliphatic heterocycles. The Morgan fingerprint density at radius 1 is 1.43 bits per heavy atom. The van der Waals surface area contributed by atoms with E-state index in [1.54, 1.807) is 30.1 Å². The summed E-state index contributed by atoms with van der Waals surface area (Å²) in [7, 11) is 1.30. The number of aromatic nitrogens is 2. The van der Waals surface area contributed by atoms with Gasteiger partial charge in [0, 0.05) is 12.4 Å². The number of piperidine rings is 1. The van der Waals surface area contributed by atoms with Gasteiger partial charge in [0.2, 0.25) is 5.91 Å². The first kappa shape index (κ1) is 17.5. The van der Waals surface area contributed by atoms with E-state index in [9.17, 15) is 9.59 Å². The van der Waals surface area contributed by atoms with Gasteiger partial charge in [-0.2, -0.15) is 5.10 Å². The van der Waals surface area contributed by atoms with Crippen molar-refractivity contribution in [2.24, 2.45) is 0 Å². The van der Waals surface area contributed by atoms with Gasteiger partial charge in [-0.05, 0) is 38.9 Å². The van der Waals surface area contributed by atoms with Crippen LogP contribution in [0.25, 0.3) is 0 Å². The van der Waals surface area contributed by atoms with Crippen molar-refractivity contribution in [2.45, 2.75) is 31.3 Å². The molecule has 1 aromatic rings. The first-order valence-electron chi connectivity index (χ1n) is 6.70. The second-order valence-corrected chi connectivity index (χ2v) is 4.95. The van der Waals surface area contributed by atoms with E-state index in [1.807, 2.05) is 0 Å². The van der Waals surface area contributed by atoms with Crippen LogP contribution < -0.4 is 10.6 Å². The lowest BCUT2D eigenvalue weighted by atomic mass is 9.87. The van der Waals surface area contributed by atoms with E-state index in [-0.39, 0.29) is 18.3 Å². The van der Waals surface area contributed by atoms with Gasteiger partial charge in [0.1, 0.15) is 11.6 Å². The molecule has 2 N–H and O–H groups in total. The molecule has 0 spiro atoms. The van der Waals surface area contributed by atoms with Gasteiger partial charge < -0.3 is 15.4 Å². The highest BCUT2D eigenvalue weighted by Gasteiger charge is 2.42. The number of nitrogens with zero attached hydrogens (tertiary/aromatic N) is 2. The molecular weight excluding hydrogens is 296 g/mol. The Morgan fingerprint density at radius 2 is 2.10 bits per heavy atom. The Kier molecular flexibility index (Phi) is 6.17. The quantitative estimate of drug-likeness (QED) is 0.767. The standard InChI is InChI=1S/C13H20N4O3.ClH/c1-10(11(18)20-2)16-12(19)13(4-7-14-8-5-13)17-9-3-6-15-17;/h3,6,9-10,14H,4-5,7-8H2,1-2H3,(H,16,19);1H/t10-;/m0./s1. The van der Waals surface area contributed by atoms with Gasteiger partial charge in [0.05, 0.1) is 7.11 Å². The molecule has 1 saturated heterocycles. The van der Waals surface area contributed by atoms with Crippen LogP contribution in [0.4, 0.5) is 0 Å². The predicted octanol–water partition coefficient (Wildman–Crippen LogP) is 0.0613. The monoisotopic (exact) mass is 316 g/mol. The summed E-state index contributed by atoms with van der Waals surface area (Å²) >= 11 is 0. The number of methoxy groups -OCH3 is 1. The molecular formula is C13H21ClN4O3. The second kappa shape index (κ2) is 7.42. The predicted molar refractivity (Wildman–Crippen MR) is 79.2 cm³/mol. The lowest BCUT2D eigenvalue weighted by Crippen LogP contribution is -2.57. The van der Waals surface area contributed by atoms with Crippen LogP contribution in [-0.4, -0.2) is 47.9 Å². The van der Waals surface area contributed by atoms with Crippen LogP contribution in [0.5, 0.6) is 0 Å². The van der Waals surface area contributed by atoms with Gasteiger partial charge in [-0.3, -0.25) is 9.48 Å². The van der Waals surface area contributed by atoms with Crippen LogP contribution in [-0.2, 0) is 19.9 Å². The van der Waals surface area contributed by atoms with Crippen molar-refractivity contribution >= 4 is 24.3 Å². The molecule has 1 aliphatic rings. The fraction of sp³-hybridized carbons (Fsp3) is 0.615. The van der Waals surface area contributed by atoms with E-state index in [0.29, 0.717) is 12.8 Å². The summed E-state index contributed by atoms with van der Waals surface area (Å²) in [6.45, 7) is 3.08. The molecule has 21 heavy (non-hydrogen) atoms. The molecule has 1 aromatic heterocycles. The van der Waals surface area contributed by atoms with Crippen molar-refractivity contribution in [1.29, 1.82) is 0 Å². The first-order chi connectivity index (χ1) is 9.60. The average Bonchev–Trinajstić information content (AvgIpc) is 3.01. The maximum Gasteiger partial charge on any atom is 0.328 e. The van der Waals surface area contributed by atoms with E-state index in [0.717, 1.165) is 13.1 Å². The lowest BCUT2D eigenvalue weighted by Gasteiger charge is -2.37. The number of carbonyl (C=O) groups excluding carboxylic acids is 2. The van der Waals surface area contributed by atoms with Crippen molar-refractivity contribution in [3.8, 4) is 0 Å². The molecule has 1 atom stereocenters. The summed E-state index contributed by atoms with van der Waals surface area (Å²) in [4.78, 5) is 24.1. The molecule has 1 amide bonds. The minimum atomic E-state index is -0.739. The van der Waals surface area contributed by atoms with Crippen molar-refractivity contribution in [1.82, 2.24) is 20.4 Å². The number of hydrogen-bond acceptors (Lipinski definition) is 5. The van der Waals surface area contributed by atoms with Crippen molar-refractivity contribution < 1.29 is 14.3 Å². The van der Waals surface area contributed by atoms with Crippen LogP contribution in [0, 0.1) is 0 Å².